The number of amides is 1. The SMILES string of the molecule is CCNC(=O)[C@H](C)[NH+]1CCN(c2ccc([N+](=O)[O-])cc2)CC1. The van der Waals surface area contributed by atoms with E-state index in [4.69, 9.17) is 0 Å². The number of anilines is 1. The Kier molecular flexibility index (Phi) is 5.32. The fourth-order valence-electron chi connectivity index (χ4n) is 2.78. The van der Waals surface area contributed by atoms with Gasteiger partial charge in [-0.2, -0.15) is 0 Å². The summed E-state index contributed by atoms with van der Waals surface area (Å²) in [6.07, 6.45) is 0. The van der Waals surface area contributed by atoms with Gasteiger partial charge in [-0.25, -0.2) is 0 Å². The van der Waals surface area contributed by atoms with E-state index in [0.717, 1.165) is 31.9 Å². The summed E-state index contributed by atoms with van der Waals surface area (Å²) >= 11 is 0. The number of nitro groups is 1. The Bertz CT molecular complexity index is 524. The molecule has 2 N–H and O–H groups in total. The molecular weight excluding hydrogens is 284 g/mol. The first kappa shape index (κ1) is 16.2. The van der Waals surface area contributed by atoms with E-state index in [1.807, 2.05) is 13.8 Å². The largest absolute Gasteiger partial charge is 0.360 e. The van der Waals surface area contributed by atoms with Gasteiger partial charge in [0.05, 0.1) is 31.1 Å². The highest BCUT2D eigenvalue weighted by Crippen LogP contribution is 2.19. The van der Waals surface area contributed by atoms with Crippen molar-refractivity contribution in [3.8, 4) is 0 Å². The standard InChI is InChI=1S/C15H22N4O3/c1-3-16-15(20)12(2)17-8-10-18(11-9-17)13-4-6-14(7-5-13)19(21)22/h4-7,12H,3,8-11H2,1-2H3,(H,16,20)/p+1/t12-/m0/s1. The molecule has 1 heterocycles. The number of hydrogen-bond acceptors (Lipinski definition) is 4. The normalized spacial score (nSPS) is 17.1. The van der Waals surface area contributed by atoms with Crippen molar-refractivity contribution in [1.29, 1.82) is 0 Å². The van der Waals surface area contributed by atoms with Gasteiger partial charge >= 0.3 is 0 Å². The van der Waals surface area contributed by atoms with Crippen molar-refractivity contribution in [3.05, 3.63) is 34.4 Å². The predicted molar refractivity (Wildman–Crippen MR) is 84.2 cm³/mol. The molecule has 0 radical (unpaired) electrons. The van der Waals surface area contributed by atoms with Crippen molar-refractivity contribution in [2.75, 3.05) is 37.6 Å². The maximum atomic E-state index is 11.9. The van der Waals surface area contributed by atoms with Gasteiger partial charge in [-0.1, -0.05) is 0 Å². The molecule has 0 spiro atoms. The molecule has 7 heteroatoms. The second-order valence-electron chi connectivity index (χ2n) is 5.54. The van der Waals surface area contributed by atoms with Gasteiger partial charge in [-0.05, 0) is 26.0 Å². The second kappa shape index (κ2) is 7.22. The van der Waals surface area contributed by atoms with Gasteiger partial charge in [0, 0.05) is 24.4 Å². The van der Waals surface area contributed by atoms with E-state index in [2.05, 4.69) is 10.2 Å². The average Bonchev–Trinajstić information content (AvgIpc) is 2.54. The van der Waals surface area contributed by atoms with E-state index < -0.39 is 0 Å². The Balaban J connectivity index is 1.91. The smallest absolute Gasteiger partial charge is 0.278 e. The first-order chi connectivity index (χ1) is 10.5. The maximum Gasteiger partial charge on any atom is 0.278 e. The van der Waals surface area contributed by atoms with E-state index in [1.54, 1.807) is 12.1 Å². The van der Waals surface area contributed by atoms with Crippen LogP contribution in [0, 0.1) is 10.1 Å². The van der Waals surface area contributed by atoms with Crippen molar-refractivity contribution < 1.29 is 14.6 Å². The molecule has 1 aromatic carbocycles. The highest BCUT2D eigenvalue weighted by atomic mass is 16.6. The van der Waals surface area contributed by atoms with Gasteiger partial charge in [-0.3, -0.25) is 14.9 Å². The summed E-state index contributed by atoms with van der Waals surface area (Å²) in [4.78, 5) is 25.7. The van der Waals surface area contributed by atoms with E-state index in [-0.39, 0.29) is 22.6 Å². The first-order valence-electron chi connectivity index (χ1n) is 7.64. The number of carbonyl (C=O) groups excluding carboxylic acids is 1. The minimum atomic E-state index is -0.389. The number of benzene rings is 1. The minimum Gasteiger partial charge on any atom is -0.360 e. The number of nitro benzene ring substituents is 1. The van der Waals surface area contributed by atoms with Gasteiger partial charge in [0.25, 0.3) is 11.6 Å². The van der Waals surface area contributed by atoms with Gasteiger partial charge in [0.15, 0.2) is 6.04 Å². The number of non-ortho nitro benzene ring substituents is 1. The molecule has 0 aliphatic carbocycles. The number of piperazine rings is 1. The summed E-state index contributed by atoms with van der Waals surface area (Å²) in [6.45, 7) is 8.00. The molecule has 1 fully saturated rings. The molecule has 1 aliphatic rings. The fourth-order valence-corrected chi connectivity index (χ4v) is 2.78. The summed E-state index contributed by atoms with van der Waals surface area (Å²) in [7, 11) is 0. The molecule has 2 rings (SSSR count). The van der Waals surface area contributed by atoms with E-state index in [9.17, 15) is 14.9 Å². The minimum absolute atomic E-state index is 0.0426. The molecule has 0 unspecified atom stereocenters. The van der Waals surface area contributed by atoms with E-state index in [1.165, 1.54) is 17.0 Å². The van der Waals surface area contributed by atoms with Crippen molar-refractivity contribution in [1.82, 2.24) is 5.32 Å². The van der Waals surface area contributed by atoms with Crippen LogP contribution in [0.3, 0.4) is 0 Å². The van der Waals surface area contributed by atoms with Gasteiger partial charge in [0.2, 0.25) is 0 Å². The van der Waals surface area contributed by atoms with Crippen LogP contribution in [-0.4, -0.2) is 49.6 Å². The third kappa shape index (κ3) is 3.73. The number of quaternary nitrogens is 1. The molecule has 120 valence electrons. The molecule has 1 saturated heterocycles. The van der Waals surface area contributed by atoms with E-state index in [0.29, 0.717) is 6.54 Å². The maximum absolute atomic E-state index is 11.9. The number of likely N-dealkylation sites (N-methyl/N-ethyl adjacent to an activating group) is 1. The average molecular weight is 307 g/mol. The molecule has 0 saturated carbocycles. The Labute approximate surface area is 130 Å². The lowest BCUT2D eigenvalue weighted by Crippen LogP contribution is -3.19. The quantitative estimate of drug-likeness (QED) is 0.584. The molecule has 0 aromatic heterocycles. The van der Waals surface area contributed by atoms with Crippen LogP contribution in [0.1, 0.15) is 13.8 Å². The second-order valence-corrected chi connectivity index (χ2v) is 5.54. The molecule has 1 amide bonds. The van der Waals surface area contributed by atoms with Gasteiger partial charge in [-0.15, -0.1) is 0 Å². The molecule has 1 aliphatic heterocycles. The molecule has 22 heavy (non-hydrogen) atoms. The Morgan fingerprint density at radius 1 is 1.36 bits per heavy atom. The van der Waals surface area contributed by atoms with Crippen LogP contribution >= 0.6 is 0 Å². The van der Waals surface area contributed by atoms with Crippen LogP contribution < -0.4 is 15.1 Å². The Morgan fingerprint density at radius 3 is 2.45 bits per heavy atom. The summed E-state index contributed by atoms with van der Waals surface area (Å²) in [5.41, 5.74) is 1.10. The zero-order valence-corrected chi connectivity index (χ0v) is 13.0. The fraction of sp³-hybridized carbons (Fsp3) is 0.533. The highest BCUT2D eigenvalue weighted by molar-refractivity contribution is 5.79. The van der Waals surface area contributed by atoms with Crippen molar-refractivity contribution >= 4 is 17.3 Å². The van der Waals surface area contributed by atoms with Crippen LogP contribution in [0.4, 0.5) is 11.4 Å². The van der Waals surface area contributed by atoms with Crippen LogP contribution in [-0.2, 0) is 4.79 Å². The molecule has 7 nitrogen and oxygen atoms in total. The lowest BCUT2D eigenvalue weighted by Gasteiger charge is -2.35. The molecule has 1 atom stereocenters. The Morgan fingerprint density at radius 2 is 1.95 bits per heavy atom. The third-order valence-electron chi connectivity index (χ3n) is 4.19. The third-order valence-corrected chi connectivity index (χ3v) is 4.19. The lowest BCUT2D eigenvalue weighted by molar-refractivity contribution is -0.914. The summed E-state index contributed by atoms with van der Waals surface area (Å²) in [5, 5.41) is 13.5. The monoisotopic (exact) mass is 307 g/mol. The van der Waals surface area contributed by atoms with Gasteiger partial charge in [0.1, 0.15) is 0 Å². The topological polar surface area (TPSA) is 79.9 Å². The van der Waals surface area contributed by atoms with Crippen LogP contribution in [0.2, 0.25) is 0 Å². The summed E-state index contributed by atoms with van der Waals surface area (Å²) < 4.78 is 0. The summed E-state index contributed by atoms with van der Waals surface area (Å²) in [6, 6.07) is 6.60. The zero-order chi connectivity index (χ0) is 16.1. The van der Waals surface area contributed by atoms with Crippen molar-refractivity contribution in [2.24, 2.45) is 0 Å². The number of hydrogen-bond donors (Lipinski definition) is 2. The van der Waals surface area contributed by atoms with Crippen molar-refractivity contribution in [2.45, 2.75) is 19.9 Å². The zero-order valence-electron chi connectivity index (χ0n) is 13.0. The number of nitrogens with one attached hydrogen (secondary N) is 2. The van der Waals surface area contributed by atoms with Crippen molar-refractivity contribution in [3.63, 3.8) is 0 Å². The number of carbonyl (C=O) groups is 1. The number of rotatable bonds is 5. The van der Waals surface area contributed by atoms with Gasteiger partial charge < -0.3 is 15.1 Å². The Hall–Kier alpha value is -2.15. The number of nitrogens with zero attached hydrogens (tertiary/aromatic N) is 2. The molecule has 0 bridgehead atoms. The lowest BCUT2D eigenvalue weighted by atomic mass is 10.2. The molecule has 1 aromatic rings. The summed E-state index contributed by atoms with van der Waals surface area (Å²) in [5.74, 6) is 0.0984. The highest BCUT2D eigenvalue weighted by Gasteiger charge is 2.28. The van der Waals surface area contributed by atoms with Crippen LogP contribution in [0.15, 0.2) is 24.3 Å². The van der Waals surface area contributed by atoms with Crippen LogP contribution in [0.5, 0.6) is 0 Å². The first-order valence-corrected chi connectivity index (χ1v) is 7.64. The predicted octanol–water partition coefficient (Wildman–Crippen LogP) is -0.176. The molecular formula is C15H23N4O3+. The van der Waals surface area contributed by atoms with E-state index >= 15 is 0 Å². The van der Waals surface area contributed by atoms with Crippen LogP contribution in [0.25, 0.3) is 0 Å².